The van der Waals surface area contributed by atoms with Crippen LogP contribution in [0.2, 0.25) is 0 Å². The van der Waals surface area contributed by atoms with E-state index < -0.39 is 6.10 Å². The number of nitrogens with zero attached hydrogens (tertiary/aromatic N) is 3. The lowest BCUT2D eigenvalue weighted by molar-refractivity contribution is -0.123. The zero-order valence-corrected chi connectivity index (χ0v) is 18.6. The standard InChI is InChI=1S/C24H24N4O3S/c1-16(29)28-14-21(31-20-10-6-5-9-19(20)28)23(30)26-24-25-18-11-12-27(15-22(18)32-24)13-17-7-3-2-4-8-17/h2-10,21H,11-15H2,1H3,(H,25,26,30). The minimum Gasteiger partial charge on any atom is -0.476 e. The van der Waals surface area contributed by atoms with Gasteiger partial charge in [0.25, 0.3) is 5.91 Å². The highest BCUT2D eigenvalue weighted by Crippen LogP contribution is 2.34. The maximum Gasteiger partial charge on any atom is 0.269 e. The van der Waals surface area contributed by atoms with Crippen LogP contribution >= 0.6 is 11.3 Å². The molecule has 1 unspecified atom stereocenters. The molecule has 0 fully saturated rings. The predicted octanol–water partition coefficient (Wildman–Crippen LogP) is 3.45. The summed E-state index contributed by atoms with van der Waals surface area (Å²) < 4.78 is 5.89. The van der Waals surface area contributed by atoms with Gasteiger partial charge in [-0.05, 0) is 17.7 Å². The minimum absolute atomic E-state index is 0.123. The summed E-state index contributed by atoms with van der Waals surface area (Å²) >= 11 is 1.51. The number of anilines is 2. The van der Waals surface area contributed by atoms with E-state index in [1.165, 1.54) is 28.7 Å². The Bertz CT molecular complexity index is 1150. The van der Waals surface area contributed by atoms with Gasteiger partial charge in [-0.25, -0.2) is 4.98 Å². The van der Waals surface area contributed by atoms with Crippen LogP contribution in [0.25, 0.3) is 0 Å². The number of fused-ring (bicyclic) bond motifs is 2. The highest BCUT2D eigenvalue weighted by Gasteiger charge is 2.33. The number of nitrogens with one attached hydrogen (secondary N) is 1. The van der Waals surface area contributed by atoms with Crippen molar-refractivity contribution in [3.63, 3.8) is 0 Å². The normalized spacial score (nSPS) is 17.8. The number of para-hydroxylation sites is 2. The zero-order valence-electron chi connectivity index (χ0n) is 17.8. The van der Waals surface area contributed by atoms with Crippen molar-refractivity contribution in [2.45, 2.75) is 32.5 Å². The first-order valence-corrected chi connectivity index (χ1v) is 11.5. The van der Waals surface area contributed by atoms with Crippen molar-refractivity contribution in [3.05, 3.63) is 70.7 Å². The highest BCUT2D eigenvalue weighted by molar-refractivity contribution is 7.15. The first-order valence-electron chi connectivity index (χ1n) is 10.7. The Balaban J connectivity index is 1.26. The largest absolute Gasteiger partial charge is 0.476 e. The van der Waals surface area contributed by atoms with Gasteiger partial charge in [-0.3, -0.25) is 19.8 Å². The third kappa shape index (κ3) is 4.24. The Hall–Kier alpha value is -3.23. The lowest BCUT2D eigenvalue weighted by Gasteiger charge is -2.33. The number of amides is 2. The van der Waals surface area contributed by atoms with Crippen LogP contribution in [-0.4, -0.2) is 40.9 Å². The monoisotopic (exact) mass is 448 g/mol. The number of aromatic nitrogens is 1. The number of hydrogen-bond donors (Lipinski definition) is 1. The van der Waals surface area contributed by atoms with Gasteiger partial charge in [0, 0.05) is 37.9 Å². The summed E-state index contributed by atoms with van der Waals surface area (Å²) in [5.74, 6) is 0.115. The number of benzene rings is 2. The van der Waals surface area contributed by atoms with Gasteiger partial charge in [0.2, 0.25) is 5.91 Å². The van der Waals surface area contributed by atoms with Gasteiger partial charge in [-0.15, -0.1) is 11.3 Å². The van der Waals surface area contributed by atoms with Crippen LogP contribution < -0.4 is 15.0 Å². The van der Waals surface area contributed by atoms with E-state index in [1.807, 2.05) is 24.3 Å². The van der Waals surface area contributed by atoms with Gasteiger partial charge in [0.05, 0.1) is 17.9 Å². The molecule has 1 aromatic heterocycles. The van der Waals surface area contributed by atoms with E-state index in [-0.39, 0.29) is 18.4 Å². The molecule has 1 atom stereocenters. The Morgan fingerprint density at radius 1 is 1.16 bits per heavy atom. The lowest BCUT2D eigenvalue weighted by atomic mass is 10.1. The average molecular weight is 449 g/mol. The summed E-state index contributed by atoms with van der Waals surface area (Å²) in [5, 5.41) is 3.49. The third-order valence-corrected chi connectivity index (χ3v) is 6.73. The van der Waals surface area contributed by atoms with E-state index in [1.54, 1.807) is 11.0 Å². The highest BCUT2D eigenvalue weighted by atomic mass is 32.1. The van der Waals surface area contributed by atoms with Crippen LogP contribution in [0.3, 0.4) is 0 Å². The van der Waals surface area contributed by atoms with Crippen molar-refractivity contribution in [1.82, 2.24) is 9.88 Å². The van der Waals surface area contributed by atoms with Crippen LogP contribution in [0.5, 0.6) is 5.75 Å². The fourth-order valence-electron chi connectivity index (χ4n) is 4.13. The molecule has 5 rings (SSSR count). The van der Waals surface area contributed by atoms with Crippen molar-refractivity contribution < 1.29 is 14.3 Å². The second kappa shape index (κ2) is 8.72. The molecule has 0 spiro atoms. The molecule has 0 bridgehead atoms. The van der Waals surface area contributed by atoms with Gasteiger partial charge in [-0.2, -0.15) is 0 Å². The van der Waals surface area contributed by atoms with Crippen molar-refractivity contribution in [2.75, 3.05) is 23.3 Å². The molecular formula is C24H24N4O3S. The molecule has 8 heteroatoms. The Morgan fingerprint density at radius 3 is 2.75 bits per heavy atom. The van der Waals surface area contributed by atoms with Gasteiger partial charge in [-0.1, -0.05) is 42.5 Å². The number of carbonyl (C=O) groups is 2. The summed E-state index contributed by atoms with van der Waals surface area (Å²) in [6.45, 7) is 4.33. The van der Waals surface area contributed by atoms with Crippen molar-refractivity contribution in [2.24, 2.45) is 0 Å². The maximum absolute atomic E-state index is 12.9. The molecule has 3 heterocycles. The van der Waals surface area contributed by atoms with Crippen LogP contribution in [-0.2, 0) is 29.1 Å². The Morgan fingerprint density at radius 2 is 1.94 bits per heavy atom. The number of carbonyl (C=O) groups excluding carboxylic acids is 2. The number of rotatable bonds is 4. The van der Waals surface area contributed by atoms with Crippen LogP contribution in [0.1, 0.15) is 23.1 Å². The van der Waals surface area contributed by atoms with E-state index in [0.717, 1.165) is 31.7 Å². The maximum atomic E-state index is 12.9. The number of thiazole rings is 1. The van der Waals surface area contributed by atoms with Gasteiger partial charge < -0.3 is 9.64 Å². The minimum atomic E-state index is -0.788. The lowest BCUT2D eigenvalue weighted by Crippen LogP contribution is -2.48. The van der Waals surface area contributed by atoms with E-state index in [9.17, 15) is 9.59 Å². The average Bonchev–Trinajstić information content (AvgIpc) is 3.20. The van der Waals surface area contributed by atoms with Crippen LogP contribution in [0, 0.1) is 0 Å². The fourth-order valence-corrected chi connectivity index (χ4v) is 5.19. The second-order valence-corrected chi connectivity index (χ2v) is 9.11. The number of hydrogen-bond acceptors (Lipinski definition) is 6. The third-order valence-electron chi connectivity index (χ3n) is 5.74. The summed E-state index contributed by atoms with van der Waals surface area (Å²) in [6, 6.07) is 17.7. The van der Waals surface area contributed by atoms with Crippen molar-refractivity contribution >= 4 is 34.0 Å². The fraction of sp³-hybridized carbons (Fsp3) is 0.292. The Labute approximate surface area is 190 Å². The van der Waals surface area contributed by atoms with E-state index >= 15 is 0 Å². The van der Waals surface area contributed by atoms with E-state index in [4.69, 9.17) is 4.74 Å². The molecule has 0 saturated carbocycles. The quantitative estimate of drug-likeness (QED) is 0.662. The van der Waals surface area contributed by atoms with Crippen molar-refractivity contribution in [1.29, 1.82) is 0 Å². The SMILES string of the molecule is CC(=O)N1CC(C(=O)Nc2nc3c(s2)CN(Cc2ccccc2)CC3)Oc2ccccc21. The molecule has 1 N–H and O–H groups in total. The number of ether oxygens (including phenoxy) is 1. The topological polar surface area (TPSA) is 74.8 Å². The summed E-state index contributed by atoms with van der Waals surface area (Å²) in [5.41, 5.74) is 3.03. The zero-order chi connectivity index (χ0) is 22.1. The second-order valence-electron chi connectivity index (χ2n) is 8.03. The molecule has 3 aromatic rings. The molecule has 2 amide bonds. The molecule has 7 nitrogen and oxygen atoms in total. The smallest absolute Gasteiger partial charge is 0.269 e. The molecule has 0 saturated heterocycles. The first-order chi connectivity index (χ1) is 15.6. The summed E-state index contributed by atoms with van der Waals surface area (Å²) in [7, 11) is 0. The first kappa shape index (κ1) is 20.7. The molecule has 164 valence electrons. The van der Waals surface area contributed by atoms with Gasteiger partial charge in [0.15, 0.2) is 11.2 Å². The molecule has 2 aromatic carbocycles. The predicted molar refractivity (Wildman–Crippen MR) is 124 cm³/mol. The molecular weight excluding hydrogens is 424 g/mol. The van der Waals surface area contributed by atoms with Crippen LogP contribution in [0.4, 0.5) is 10.8 Å². The summed E-state index contributed by atoms with van der Waals surface area (Å²) in [6.07, 6.45) is 0.0734. The van der Waals surface area contributed by atoms with Crippen molar-refractivity contribution in [3.8, 4) is 5.75 Å². The van der Waals surface area contributed by atoms with Crippen LogP contribution in [0.15, 0.2) is 54.6 Å². The van der Waals surface area contributed by atoms with Gasteiger partial charge in [0.1, 0.15) is 5.75 Å². The van der Waals surface area contributed by atoms with E-state index in [0.29, 0.717) is 16.6 Å². The van der Waals surface area contributed by atoms with E-state index in [2.05, 4.69) is 39.5 Å². The molecule has 2 aliphatic rings. The molecule has 32 heavy (non-hydrogen) atoms. The molecule has 0 radical (unpaired) electrons. The van der Waals surface area contributed by atoms with Gasteiger partial charge >= 0.3 is 0 Å². The Kier molecular flexibility index (Phi) is 5.63. The molecule has 2 aliphatic heterocycles. The molecule has 0 aliphatic carbocycles. The summed E-state index contributed by atoms with van der Waals surface area (Å²) in [4.78, 5) is 34.9.